The second kappa shape index (κ2) is 10.4. The number of rotatable bonds is 9. The van der Waals surface area contributed by atoms with Gasteiger partial charge in [0.15, 0.2) is 6.04 Å². The lowest BCUT2D eigenvalue weighted by molar-refractivity contribution is -0.137. The van der Waals surface area contributed by atoms with Gasteiger partial charge in [0.2, 0.25) is 5.91 Å². The normalized spacial score (nSPS) is 13.9. The Morgan fingerprint density at radius 3 is 2.20 bits per heavy atom. The van der Waals surface area contributed by atoms with Gasteiger partial charge in [0.05, 0.1) is 12.1 Å². The highest BCUT2D eigenvalue weighted by molar-refractivity contribution is 5.87. The Kier molecular flexibility index (Phi) is 7.14. The van der Waals surface area contributed by atoms with Gasteiger partial charge in [0.25, 0.3) is 0 Å². The van der Waals surface area contributed by atoms with E-state index >= 15 is 0 Å². The maximum atomic E-state index is 13.1. The average molecular weight is 477 g/mol. The number of aromatic nitrogens is 2. The van der Waals surface area contributed by atoms with Crippen LogP contribution in [-0.2, 0) is 21.4 Å². The first kappa shape index (κ1) is 24.0. The first-order valence-electron chi connectivity index (χ1n) is 11.5. The minimum Gasteiger partial charge on any atom is -0.481 e. The van der Waals surface area contributed by atoms with Gasteiger partial charge in [-0.1, -0.05) is 55.5 Å². The molecule has 9 heteroatoms. The summed E-state index contributed by atoms with van der Waals surface area (Å²) in [6.07, 6.45) is 0.982. The third kappa shape index (κ3) is 5.18. The molecule has 9 nitrogen and oxygen atoms in total. The Morgan fingerprint density at radius 2 is 1.66 bits per heavy atom. The standard InChI is InChI=1S/C26H28N4O5/c1-3-16(14-23(31)32)28-25(33)24(22-12-13-27-30(22)2)29-26(34)35-15-21-19-10-6-4-8-17(19)18-9-5-7-11-20(18)21/h4-13,16,21,24H,3,14-15H2,1-2H3,(H,28,33)(H,29,34)(H,31,32)/t16-,24?/m1/s1. The number of nitrogens with one attached hydrogen (secondary N) is 2. The Labute approximate surface area is 203 Å². The van der Waals surface area contributed by atoms with Crippen LogP contribution in [0.3, 0.4) is 0 Å². The van der Waals surface area contributed by atoms with Gasteiger partial charge in [-0.2, -0.15) is 5.10 Å². The van der Waals surface area contributed by atoms with E-state index in [1.54, 1.807) is 20.0 Å². The van der Waals surface area contributed by atoms with Crippen LogP contribution in [0.1, 0.15) is 48.5 Å². The van der Waals surface area contributed by atoms with Crippen LogP contribution in [0.15, 0.2) is 60.8 Å². The highest BCUT2D eigenvalue weighted by atomic mass is 16.5. The molecule has 0 spiro atoms. The number of benzene rings is 2. The molecule has 4 rings (SSSR count). The molecule has 1 heterocycles. The van der Waals surface area contributed by atoms with E-state index in [1.165, 1.54) is 10.9 Å². The molecule has 0 bridgehead atoms. The van der Waals surface area contributed by atoms with Crippen LogP contribution in [0, 0.1) is 0 Å². The minimum atomic E-state index is -1.10. The number of carboxylic acids is 1. The Morgan fingerprint density at radius 1 is 1.03 bits per heavy atom. The van der Waals surface area contributed by atoms with E-state index in [4.69, 9.17) is 9.84 Å². The van der Waals surface area contributed by atoms with Crippen molar-refractivity contribution >= 4 is 18.0 Å². The smallest absolute Gasteiger partial charge is 0.408 e. The zero-order chi connectivity index (χ0) is 24.9. The molecule has 3 aromatic rings. The number of aryl methyl sites for hydroxylation is 1. The third-order valence-corrected chi connectivity index (χ3v) is 6.28. The molecule has 35 heavy (non-hydrogen) atoms. The molecule has 0 radical (unpaired) electrons. The number of hydrogen-bond donors (Lipinski definition) is 3. The Bertz CT molecular complexity index is 1190. The summed E-state index contributed by atoms with van der Waals surface area (Å²) in [6.45, 7) is 1.89. The molecule has 2 atom stereocenters. The summed E-state index contributed by atoms with van der Waals surface area (Å²) >= 11 is 0. The number of aliphatic carboxylic acids is 1. The maximum Gasteiger partial charge on any atom is 0.408 e. The fourth-order valence-electron chi connectivity index (χ4n) is 4.49. The Hall–Kier alpha value is -4.14. The van der Waals surface area contributed by atoms with Crippen LogP contribution >= 0.6 is 0 Å². The van der Waals surface area contributed by atoms with Crippen molar-refractivity contribution in [3.63, 3.8) is 0 Å². The molecule has 1 aliphatic rings. The van der Waals surface area contributed by atoms with Gasteiger partial charge in [-0.25, -0.2) is 4.79 Å². The molecule has 0 aliphatic heterocycles. The lowest BCUT2D eigenvalue weighted by Gasteiger charge is -2.22. The zero-order valence-electron chi connectivity index (χ0n) is 19.6. The summed E-state index contributed by atoms with van der Waals surface area (Å²) in [5.74, 6) is -1.66. The van der Waals surface area contributed by atoms with E-state index < -0.39 is 30.1 Å². The summed E-state index contributed by atoms with van der Waals surface area (Å²) in [5, 5.41) is 18.5. The molecule has 0 saturated carbocycles. The van der Waals surface area contributed by atoms with Gasteiger partial charge < -0.3 is 20.5 Å². The van der Waals surface area contributed by atoms with Crippen LogP contribution in [0.4, 0.5) is 4.79 Å². The molecular formula is C26H28N4O5. The molecule has 0 fully saturated rings. The van der Waals surface area contributed by atoms with E-state index in [1.807, 2.05) is 36.4 Å². The highest BCUT2D eigenvalue weighted by Gasteiger charge is 2.31. The number of carbonyl (C=O) groups is 3. The number of amides is 2. The van der Waals surface area contributed by atoms with E-state index in [-0.39, 0.29) is 18.9 Å². The minimum absolute atomic E-state index is 0.107. The highest BCUT2D eigenvalue weighted by Crippen LogP contribution is 2.44. The van der Waals surface area contributed by atoms with Gasteiger partial charge in [0, 0.05) is 25.2 Å². The molecule has 1 aromatic heterocycles. The van der Waals surface area contributed by atoms with Crippen molar-refractivity contribution in [2.75, 3.05) is 6.61 Å². The fraction of sp³-hybridized carbons (Fsp3) is 0.308. The van der Waals surface area contributed by atoms with Crippen molar-refractivity contribution in [1.82, 2.24) is 20.4 Å². The predicted octanol–water partition coefficient (Wildman–Crippen LogP) is 3.37. The summed E-state index contributed by atoms with van der Waals surface area (Å²) in [4.78, 5) is 37.0. The van der Waals surface area contributed by atoms with Gasteiger partial charge in [0.1, 0.15) is 6.61 Å². The third-order valence-electron chi connectivity index (χ3n) is 6.28. The number of nitrogens with zero attached hydrogens (tertiary/aromatic N) is 2. The van der Waals surface area contributed by atoms with Gasteiger partial charge in [-0.05, 0) is 34.7 Å². The van der Waals surface area contributed by atoms with Crippen LogP contribution in [0.2, 0.25) is 0 Å². The van der Waals surface area contributed by atoms with Gasteiger partial charge >= 0.3 is 12.1 Å². The van der Waals surface area contributed by atoms with Crippen LogP contribution in [-0.4, -0.2) is 45.5 Å². The quantitative estimate of drug-likeness (QED) is 0.435. The number of fused-ring (bicyclic) bond motifs is 3. The van der Waals surface area contributed by atoms with Crippen molar-refractivity contribution in [2.45, 2.75) is 37.8 Å². The molecule has 2 amide bonds. The fourth-order valence-corrected chi connectivity index (χ4v) is 4.49. The van der Waals surface area contributed by atoms with Crippen LogP contribution < -0.4 is 10.6 Å². The molecule has 1 aliphatic carbocycles. The van der Waals surface area contributed by atoms with Crippen molar-refractivity contribution in [1.29, 1.82) is 0 Å². The van der Waals surface area contributed by atoms with E-state index in [0.29, 0.717) is 12.1 Å². The molecule has 1 unspecified atom stereocenters. The number of ether oxygens (including phenoxy) is 1. The zero-order valence-corrected chi connectivity index (χ0v) is 19.6. The Balaban J connectivity index is 1.48. The number of carboxylic acid groups (broad SMARTS) is 1. The molecule has 182 valence electrons. The number of alkyl carbamates (subject to hydrolysis) is 1. The van der Waals surface area contributed by atoms with Gasteiger partial charge in [-0.15, -0.1) is 0 Å². The maximum absolute atomic E-state index is 13.1. The van der Waals surface area contributed by atoms with E-state index in [2.05, 4.69) is 27.9 Å². The van der Waals surface area contributed by atoms with E-state index in [0.717, 1.165) is 22.3 Å². The van der Waals surface area contributed by atoms with Crippen molar-refractivity contribution < 1.29 is 24.2 Å². The van der Waals surface area contributed by atoms with Crippen LogP contribution in [0.5, 0.6) is 0 Å². The summed E-state index contributed by atoms with van der Waals surface area (Å²) < 4.78 is 7.08. The van der Waals surface area contributed by atoms with Gasteiger partial charge in [-0.3, -0.25) is 14.3 Å². The summed E-state index contributed by atoms with van der Waals surface area (Å²) in [6, 6.07) is 16.0. The topological polar surface area (TPSA) is 123 Å². The van der Waals surface area contributed by atoms with Crippen molar-refractivity contribution in [3.05, 3.63) is 77.6 Å². The second-order valence-corrected chi connectivity index (χ2v) is 8.49. The largest absolute Gasteiger partial charge is 0.481 e. The number of hydrogen-bond acceptors (Lipinski definition) is 5. The van der Waals surface area contributed by atoms with Crippen LogP contribution in [0.25, 0.3) is 11.1 Å². The first-order chi connectivity index (χ1) is 16.9. The monoisotopic (exact) mass is 476 g/mol. The summed E-state index contributed by atoms with van der Waals surface area (Å²) in [7, 11) is 1.66. The lowest BCUT2D eigenvalue weighted by Crippen LogP contribution is -2.45. The SMILES string of the molecule is CC[C@H](CC(=O)O)NC(=O)C(NC(=O)OCC1c2ccccc2-c2ccccc21)c1ccnn1C. The lowest BCUT2D eigenvalue weighted by atomic mass is 9.98. The predicted molar refractivity (Wildman–Crippen MR) is 129 cm³/mol. The summed E-state index contributed by atoms with van der Waals surface area (Å²) in [5.41, 5.74) is 4.85. The molecule has 0 saturated heterocycles. The molecule has 3 N–H and O–H groups in total. The first-order valence-corrected chi connectivity index (χ1v) is 11.5. The molecular weight excluding hydrogens is 448 g/mol. The van der Waals surface area contributed by atoms with Crippen molar-refractivity contribution in [2.24, 2.45) is 7.05 Å². The molecule has 2 aromatic carbocycles. The van der Waals surface area contributed by atoms with E-state index in [9.17, 15) is 14.4 Å². The second-order valence-electron chi connectivity index (χ2n) is 8.49. The average Bonchev–Trinajstić information content (AvgIpc) is 3.41. The van der Waals surface area contributed by atoms with Crippen molar-refractivity contribution in [3.8, 4) is 11.1 Å². The number of carbonyl (C=O) groups excluding carboxylic acids is 2.